The Hall–Kier alpha value is -2.84. The number of carbonyl (C=O) groups is 2. The highest BCUT2D eigenvalue weighted by Crippen LogP contribution is 2.41. The molecule has 1 aromatic carbocycles. The van der Waals surface area contributed by atoms with Crippen LogP contribution in [0.25, 0.3) is 0 Å². The van der Waals surface area contributed by atoms with E-state index in [-0.39, 0.29) is 12.5 Å². The number of carbonyl (C=O) groups excluding carboxylic acids is 2. The van der Waals surface area contributed by atoms with E-state index in [0.717, 1.165) is 11.1 Å². The smallest absolute Gasteiger partial charge is 0.330 e. The molecule has 0 bridgehead atoms. The molecule has 4 nitrogen and oxygen atoms in total. The summed E-state index contributed by atoms with van der Waals surface area (Å²) in [7, 11) is -1.54. The highest BCUT2D eigenvalue weighted by Gasteiger charge is 2.55. The molecule has 0 aromatic heterocycles. The monoisotopic (exact) mass is 391 g/mol. The maximum absolute atomic E-state index is 13.3. The molecule has 5 heteroatoms. The second kappa shape index (κ2) is 8.03. The molecule has 0 radical (unpaired) electrons. The Labute approximate surface area is 167 Å². The topological polar surface area (TPSA) is 46.6 Å². The minimum Gasteiger partial charge on any atom is -0.451 e. The van der Waals surface area contributed by atoms with Gasteiger partial charge in [0.1, 0.15) is 8.07 Å². The molecule has 28 heavy (non-hydrogen) atoms. The maximum Gasteiger partial charge on any atom is 0.330 e. The fourth-order valence-electron chi connectivity index (χ4n) is 3.32. The summed E-state index contributed by atoms with van der Waals surface area (Å²) in [6.45, 7) is 7.25. The Morgan fingerprint density at radius 1 is 1.18 bits per heavy atom. The van der Waals surface area contributed by atoms with E-state index in [1.54, 1.807) is 17.1 Å². The van der Waals surface area contributed by atoms with Crippen LogP contribution in [0.2, 0.25) is 19.6 Å². The van der Waals surface area contributed by atoms with Gasteiger partial charge in [-0.25, -0.2) is 0 Å². The number of hydrogen-bond donors (Lipinski definition) is 0. The lowest BCUT2D eigenvalue weighted by Gasteiger charge is -2.23. The van der Waals surface area contributed by atoms with Crippen LogP contribution in [0.4, 0.5) is 0 Å². The predicted octanol–water partition coefficient (Wildman–Crippen LogP) is 3.49. The number of benzene rings is 1. The molecule has 0 saturated carbocycles. The molecule has 3 rings (SSSR count). The average molecular weight is 392 g/mol. The minimum atomic E-state index is -1.54. The number of nitrogens with zero attached hydrogens (tertiary/aromatic N) is 1. The zero-order chi connectivity index (χ0) is 20.2. The molecule has 1 unspecified atom stereocenters. The van der Waals surface area contributed by atoms with Crippen molar-refractivity contribution in [3.8, 4) is 11.5 Å². The van der Waals surface area contributed by atoms with Crippen molar-refractivity contribution in [2.45, 2.75) is 26.2 Å². The van der Waals surface area contributed by atoms with E-state index in [1.807, 2.05) is 48.6 Å². The predicted molar refractivity (Wildman–Crippen MR) is 113 cm³/mol. The summed E-state index contributed by atoms with van der Waals surface area (Å²) in [5.74, 6) is 2.14. The van der Waals surface area contributed by atoms with Gasteiger partial charge >= 0.3 is 5.97 Å². The summed E-state index contributed by atoms with van der Waals surface area (Å²) in [5.41, 5.74) is 3.55. The van der Waals surface area contributed by atoms with Gasteiger partial charge in [0.25, 0.3) is 0 Å². The van der Waals surface area contributed by atoms with Gasteiger partial charge in [0, 0.05) is 13.1 Å². The minimum absolute atomic E-state index is 0.00532. The van der Waals surface area contributed by atoms with Crippen LogP contribution < -0.4 is 0 Å². The number of esters is 1. The highest BCUT2D eigenvalue weighted by atomic mass is 28.3. The Morgan fingerprint density at radius 3 is 2.64 bits per heavy atom. The van der Waals surface area contributed by atoms with Crippen molar-refractivity contribution in [2.75, 3.05) is 13.2 Å². The number of ether oxygens (including phenoxy) is 1. The number of fused-ring (bicyclic) bond motifs is 1. The lowest BCUT2D eigenvalue weighted by Crippen LogP contribution is -2.40. The third-order valence-electron chi connectivity index (χ3n) is 4.64. The normalized spacial score (nSPS) is 20.8. The van der Waals surface area contributed by atoms with Crippen LogP contribution in [0.5, 0.6) is 0 Å². The van der Waals surface area contributed by atoms with Crippen LogP contribution in [-0.4, -0.2) is 38.0 Å². The Bertz CT molecular complexity index is 913. The number of likely N-dealkylation sites (tertiary alicyclic amines) is 1. The van der Waals surface area contributed by atoms with Gasteiger partial charge in [0.2, 0.25) is 5.91 Å². The Morgan fingerprint density at radius 2 is 1.93 bits per heavy atom. The lowest BCUT2D eigenvalue weighted by atomic mass is 9.81. The van der Waals surface area contributed by atoms with E-state index in [0.29, 0.717) is 13.1 Å². The third kappa shape index (κ3) is 4.18. The molecule has 1 amide bonds. The van der Waals surface area contributed by atoms with Crippen LogP contribution in [0, 0.1) is 16.9 Å². The van der Waals surface area contributed by atoms with Crippen LogP contribution in [0.15, 0.2) is 66.3 Å². The van der Waals surface area contributed by atoms with E-state index < -0.39 is 19.5 Å². The van der Waals surface area contributed by atoms with Crippen LogP contribution >= 0.6 is 0 Å². The van der Waals surface area contributed by atoms with Crippen molar-refractivity contribution in [1.82, 2.24) is 4.90 Å². The van der Waals surface area contributed by atoms with Gasteiger partial charge in [0.15, 0.2) is 12.0 Å². The van der Waals surface area contributed by atoms with Crippen molar-refractivity contribution in [1.29, 1.82) is 0 Å². The van der Waals surface area contributed by atoms with Gasteiger partial charge in [0.05, 0.1) is 0 Å². The second-order valence-electron chi connectivity index (χ2n) is 8.02. The molecule has 1 heterocycles. The average Bonchev–Trinajstić information content (AvgIpc) is 2.80. The maximum atomic E-state index is 13.3. The van der Waals surface area contributed by atoms with Crippen LogP contribution in [-0.2, 0) is 20.9 Å². The molecule has 1 saturated heterocycles. The SMILES string of the molecule is C[Si](C)(C)C#CCOC(=O)C12C=CC=CC=C1CN(Cc1ccccc1)C2=O. The molecule has 1 aliphatic heterocycles. The van der Waals surface area contributed by atoms with Gasteiger partial charge in [-0.3, -0.25) is 9.59 Å². The molecule has 0 N–H and O–H groups in total. The fraction of sp³-hybridized carbons (Fsp3) is 0.304. The quantitative estimate of drug-likeness (QED) is 0.342. The number of amides is 1. The molecular weight excluding hydrogens is 366 g/mol. The fourth-order valence-corrected chi connectivity index (χ4v) is 3.92. The number of allylic oxidation sites excluding steroid dienone is 4. The highest BCUT2D eigenvalue weighted by molar-refractivity contribution is 6.83. The van der Waals surface area contributed by atoms with Crippen molar-refractivity contribution < 1.29 is 14.3 Å². The summed E-state index contributed by atoms with van der Waals surface area (Å²) >= 11 is 0. The van der Waals surface area contributed by atoms with Crippen molar-refractivity contribution in [3.05, 3.63) is 71.8 Å². The summed E-state index contributed by atoms with van der Waals surface area (Å²) in [4.78, 5) is 28.1. The molecule has 1 fully saturated rings. The van der Waals surface area contributed by atoms with Crippen LogP contribution in [0.3, 0.4) is 0 Å². The summed E-state index contributed by atoms with van der Waals surface area (Å²) in [6.07, 6.45) is 8.91. The van der Waals surface area contributed by atoms with Gasteiger partial charge in [-0.05, 0) is 11.1 Å². The molecule has 0 spiro atoms. The van der Waals surface area contributed by atoms with Gasteiger partial charge in [-0.1, -0.05) is 86.3 Å². The molecule has 1 aliphatic carbocycles. The van der Waals surface area contributed by atoms with Gasteiger partial charge < -0.3 is 9.64 Å². The zero-order valence-electron chi connectivity index (χ0n) is 16.6. The van der Waals surface area contributed by atoms with E-state index >= 15 is 0 Å². The Balaban J connectivity index is 1.83. The molecule has 144 valence electrons. The summed E-state index contributed by atoms with van der Waals surface area (Å²) < 4.78 is 5.45. The third-order valence-corrected chi connectivity index (χ3v) is 5.56. The molecule has 1 aromatic rings. The van der Waals surface area contributed by atoms with E-state index in [2.05, 4.69) is 31.1 Å². The number of rotatable bonds is 4. The van der Waals surface area contributed by atoms with Gasteiger partial charge in [-0.15, -0.1) is 5.54 Å². The second-order valence-corrected chi connectivity index (χ2v) is 12.8. The summed E-state index contributed by atoms with van der Waals surface area (Å²) in [6, 6.07) is 9.77. The van der Waals surface area contributed by atoms with Crippen molar-refractivity contribution >= 4 is 20.0 Å². The first-order chi connectivity index (χ1) is 13.3. The first-order valence-electron chi connectivity index (χ1n) is 9.39. The van der Waals surface area contributed by atoms with Crippen molar-refractivity contribution in [2.24, 2.45) is 5.41 Å². The van der Waals surface area contributed by atoms with Crippen molar-refractivity contribution in [3.63, 3.8) is 0 Å². The summed E-state index contributed by atoms with van der Waals surface area (Å²) in [5, 5.41) is 0. The lowest BCUT2D eigenvalue weighted by molar-refractivity contribution is -0.155. The van der Waals surface area contributed by atoms with E-state index in [9.17, 15) is 9.59 Å². The van der Waals surface area contributed by atoms with E-state index in [4.69, 9.17) is 4.74 Å². The first kappa shape index (κ1) is 19.9. The van der Waals surface area contributed by atoms with Gasteiger partial charge in [-0.2, -0.15) is 0 Å². The molecular formula is C23H25NO3Si. The van der Waals surface area contributed by atoms with Crippen LogP contribution in [0.1, 0.15) is 5.56 Å². The Kier molecular flexibility index (Phi) is 5.71. The van der Waals surface area contributed by atoms with E-state index in [1.165, 1.54) is 0 Å². The molecule has 1 atom stereocenters. The molecule has 2 aliphatic rings. The number of hydrogen-bond acceptors (Lipinski definition) is 3. The largest absolute Gasteiger partial charge is 0.451 e. The standard InChI is InChI=1S/C23H25NO3Si/c1-28(2,3)16-10-15-27-22(26)23-14-9-5-8-13-20(23)18-24(21(23)25)17-19-11-6-4-7-12-19/h4-9,11-14H,15,17-18H2,1-3H3. The first-order valence-corrected chi connectivity index (χ1v) is 12.9. The zero-order valence-corrected chi connectivity index (χ0v) is 17.6.